The molecule has 0 fully saturated rings. The first-order valence-corrected chi connectivity index (χ1v) is 7.81. The van der Waals surface area contributed by atoms with Crippen molar-refractivity contribution in [1.82, 2.24) is 10.6 Å². The van der Waals surface area contributed by atoms with Crippen LogP contribution < -0.4 is 10.6 Å². The van der Waals surface area contributed by atoms with E-state index in [-0.39, 0.29) is 17.7 Å². The van der Waals surface area contributed by atoms with Gasteiger partial charge in [-0.05, 0) is 17.7 Å². The summed E-state index contributed by atoms with van der Waals surface area (Å²) in [6, 6.07) is 9.70. The number of carbonyl (C=O) groups excluding carboxylic acids is 2. The fourth-order valence-electron chi connectivity index (χ4n) is 2.01. The molecule has 0 spiro atoms. The molecule has 110 valence electrons. The van der Waals surface area contributed by atoms with Gasteiger partial charge in [-0.2, -0.15) is 0 Å². The lowest BCUT2D eigenvalue weighted by atomic mass is 10.0. The van der Waals surface area contributed by atoms with E-state index in [1.54, 1.807) is 0 Å². The van der Waals surface area contributed by atoms with E-state index in [0.29, 0.717) is 6.54 Å². The quantitative estimate of drug-likeness (QED) is 0.790. The highest BCUT2D eigenvalue weighted by atomic mass is 32.2. The Morgan fingerprint density at radius 3 is 2.30 bits per heavy atom. The normalized spacial score (nSPS) is 13.7. The van der Waals surface area contributed by atoms with E-state index in [2.05, 4.69) is 10.6 Å². The second-order valence-corrected chi connectivity index (χ2v) is 6.00. The molecule has 1 aromatic carbocycles. The van der Waals surface area contributed by atoms with Gasteiger partial charge in [0, 0.05) is 13.5 Å². The molecule has 0 saturated carbocycles. The van der Waals surface area contributed by atoms with Crippen molar-refractivity contribution in [1.29, 1.82) is 0 Å². The Bertz CT molecular complexity index is 462. The molecule has 4 nitrogen and oxygen atoms in total. The molecule has 0 aliphatic carbocycles. The van der Waals surface area contributed by atoms with E-state index in [1.165, 1.54) is 18.7 Å². The molecule has 0 aromatic heterocycles. The molecule has 0 aliphatic rings. The molecule has 20 heavy (non-hydrogen) atoms. The predicted molar refractivity (Wildman–Crippen MR) is 83.2 cm³/mol. The van der Waals surface area contributed by atoms with Crippen LogP contribution in [0.2, 0.25) is 0 Å². The van der Waals surface area contributed by atoms with E-state index >= 15 is 0 Å². The van der Waals surface area contributed by atoms with Crippen molar-refractivity contribution in [2.24, 2.45) is 5.92 Å². The van der Waals surface area contributed by atoms with Crippen LogP contribution in [0, 0.1) is 5.92 Å². The first-order chi connectivity index (χ1) is 9.42. The zero-order chi connectivity index (χ0) is 15.2. The predicted octanol–water partition coefficient (Wildman–Crippen LogP) is 2.15. The van der Waals surface area contributed by atoms with Gasteiger partial charge in [0.15, 0.2) is 4.87 Å². The lowest BCUT2D eigenvalue weighted by Crippen LogP contribution is -2.59. The molecule has 0 saturated heterocycles. The van der Waals surface area contributed by atoms with Gasteiger partial charge >= 0.3 is 0 Å². The second kappa shape index (κ2) is 7.33. The lowest BCUT2D eigenvalue weighted by molar-refractivity contribution is -0.130. The third kappa shape index (κ3) is 4.00. The van der Waals surface area contributed by atoms with E-state index in [4.69, 9.17) is 0 Å². The van der Waals surface area contributed by atoms with Gasteiger partial charge in [-0.3, -0.25) is 9.59 Å². The zero-order valence-electron chi connectivity index (χ0n) is 12.4. The fraction of sp³-hybridized carbons (Fsp3) is 0.467. The molecule has 1 rings (SSSR count). The Kier molecular flexibility index (Phi) is 6.07. The molecule has 1 atom stereocenters. The summed E-state index contributed by atoms with van der Waals surface area (Å²) in [6.07, 6.45) is 1.83. The minimum Gasteiger partial charge on any atom is -0.349 e. The maximum absolute atomic E-state index is 12.5. The molecule has 0 radical (unpaired) electrons. The lowest BCUT2D eigenvalue weighted by Gasteiger charge is -2.35. The topological polar surface area (TPSA) is 58.2 Å². The maximum atomic E-state index is 12.5. The van der Waals surface area contributed by atoms with Gasteiger partial charge in [0.05, 0.1) is 0 Å². The maximum Gasteiger partial charge on any atom is 0.256 e. The average Bonchev–Trinajstić information content (AvgIpc) is 2.42. The third-order valence-corrected chi connectivity index (χ3v) is 4.53. The summed E-state index contributed by atoms with van der Waals surface area (Å²) < 4.78 is 0. The number of amides is 2. The van der Waals surface area contributed by atoms with E-state index in [0.717, 1.165) is 5.56 Å². The van der Waals surface area contributed by atoms with E-state index in [9.17, 15) is 9.59 Å². The van der Waals surface area contributed by atoms with Crippen LogP contribution in [0.5, 0.6) is 0 Å². The van der Waals surface area contributed by atoms with Crippen molar-refractivity contribution >= 4 is 23.6 Å². The molecule has 0 bridgehead atoms. The van der Waals surface area contributed by atoms with Crippen LogP contribution in [0.3, 0.4) is 0 Å². The highest BCUT2D eigenvalue weighted by Gasteiger charge is 2.41. The average molecular weight is 294 g/mol. The van der Waals surface area contributed by atoms with Gasteiger partial charge in [0.2, 0.25) is 5.91 Å². The molecular formula is C15H22N2O2S. The van der Waals surface area contributed by atoms with Gasteiger partial charge in [0.1, 0.15) is 0 Å². The fourth-order valence-corrected chi connectivity index (χ4v) is 2.99. The summed E-state index contributed by atoms with van der Waals surface area (Å²) in [5, 5.41) is 5.69. The van der Waals surface area contributed by atoms with E-state index in [1.807, 2.05) is 50.4 Å². The Hall–Kier alpha value is -1.49. The van der Waals surface area contributed by atoms with Crippen molar-refractivity contribution in [2.75, 3.05) is 6.26 Å². The molecular weight excluding hydrogens is 272 g/mol. The van der Waals surface area contributed by atoms with E-state index < -0.39 is 4.87 Å². The van der Waals surface area contributed by atoms with Gasteiger partial charge in [0.25, 0.3) is 5.91 Å². The number of thioether (sulfide) groups is 1. The first-order valence-electron chi connectivity index (χ1n) is 6.58. The smallest absolute Gasteiger partial charge is 0.256 e. The van der Waals surface area contributed by atoms with Gasteiger partial charge in [-0.1, -0.05) is 44.2 Å². The highest BCUT2D eigenvalue weighted by molar-refractivity contribution is 8.00. The standard InChI is InChI=1S/C15H22N2O2S/c1-11(2)15(20-4,17-12(3)18)14(19)16-10-13-8-6-5-7-9-13/h5-9,11H,10H2,1-4H3,(H,16,19)(H,17,18). The van der Waals surface area contributed by atoms with Gasteiger partial charge in [-0.25, -0.2) is 0 Å². The molecule has 1 aromatic rings. The minimum absolute atomic E-state index is 0.0165. The molecule has 0 heterocycles. The molecule has 2 amide bonds. The van der Waals surface area contributed by atoms with Crippen molar-refractivity contribution in [3.8, 4) is 0 Å². The Balaban J connectivity index is 2.80. The number of nitrogens with one attached hydrogen (secondary N) is 2. The van der Waals surface area contributed by atoms with Crippen LogP contribution >= 0.6 is 11.8 Å². The first kappa shape index (κ1) is 16.6. The number of benzene rings is 1. The summed E-state index contributed by atoms with van der Waals surface area (Å²) in [6.45, 7) is 5.73. The van der Waals surface area contributed by atoms with Crippen molar-refractivity contribution < 1.29 is 9.59 Å². The largest absolute Gasteiger partial charge is 0.349 e. The summed E-state index contributed by atoms with van der Waals surface area (Å²) in [7, 11) is 0. The second-order valence-electron chi connectivity index (χ2n) is 4.94. The summed E-state index contributed by atoms with van der Waals surface area (Å²) >= 11 is 1.35. The van der Waals surface area contributed by atoms with Crippen molar-refractivity contribution in [3.05, 3.63) is 35.9 Å². The number of hydrogen-bond acceptors (Lipinski definition) is 3. The van der Waals surface area contributed by atoms with Crippen LogP contribution in [0.4, 0.5) is 0 Å². The number of hydrogen-bond donors (Lipinski definition) is 2. The SMILES string of the molecule is CSC(NC(C)=O)(C(=O)NCc1ccccc1)C(C)C. The summed E-state index contributed by atoms with van der Waals surface area (Å²) in [5.74, 6) is -0.390. The summed E-state index contributed by atoms with van der Waals surface area (Å²) in [4.78, 5) is 23.0. The molecule has 1 unspecified atom stereocenters. The zero-order valence-corrected chi connectivity index (χ0v) is 13.2. The Labute approximate surface area is 124 Å². The van der Waals surface area contributed by atoms with Crippen LogP contribution in [0.1, 0.15) is 26.3 Å². The van der Waals surface area contributed by atoms with Crippen molar-refractivity contribution in [2.45, 2.75) is 32.2 Å². The summed E-state index contributed by atoms with van der Waals surface area (Å²) in [5.41, 5.74) is 1.03. The van der Waals surface area contributed by atoms with Crippen LogP contribution in [0.15, 0.2) is 30.3 Å². The molecule has 0 aliphatic heterocycles. The Morgan fingerprint density at radius 2 is 1.85 bits per heavy atom. The molecule has 5 heteroatoms. The monoisotopic (exact) mass is 294 g/mol. The van der Waals surface area contributed by atoms with Crippen LogP contribution in [0.25, 0.3) is 0 Å². The highest BCUT2D eigenvalue weighted by Crippen LogP contribution is 2.29. The van der Waals surface area contributed by atoms with Crippen LogP contribution in [-0.2, 0) is 16.1 Å². The van der Waals surface area contributed by atoms with Gasteiger partial charge < -0.3 is 10.6 Å². The number of rotatable bonds is 6. The van der Waals surface area contributed by atoms with Crippen molar-refractivity contribution in [3.63, 3.8) is 0 Å². The minimum atomic E-state index is -0.930. The van der Waals surface area contributed by atoms with Crippen LogP contribution in [-0.4, -0.2) is 22.9 Å². The Morgan fingerprint density at radius 1 is 1.25 bits per heavy atom. The third-order valence-electron chi connectivity index (χ3n) is 3.13. The number of carbonyl (C=O) groups is 2. The van der Waals surface area contributed by atoms with Gasteiger partial charge in [-0.15, -0.1) is 11.8 Å². The molecule has 2 N–H and O–H groups in total.